The van der Waals surface area contributed by atoms with E-state index in [9.17, 15) is 18.9 Å². The van der Waals surface area contributed by atoms with Gasteiger partial charge in [-0.2, -0.15) is 10.5 Å². The Morgan fingerprint density at radius 3 is 1.50 bits per heavy atom. The van der Waals surface area contributed by atoms with Crippen LogP contribution in [0.3, 0.4) is 0 Å². The fraction of sp³-hybridized carbons (Fsp3) is 0.200. The highest BCUT2D eigenvalue weighted by Gasteiger charge is 2.40. The maximum atomic E-state index is 13.8. The summed E-state index contributed by atoms with van der Waals surface area (Å²) in [6.07, 6.45) is 0. The van der Waals surface area contributed by atoms with Gasteiger partial charge in [0.05, 0.1) is 33.7 Å². The number of hydrogen-bond acceptors (Lipinski definition) is 4. The first-order chi connectivity index (χ1) is 15.3. The summed E-state index contributed by atoms with van der Waals surface area (Å²) in [5.41, 5.74) is 2.60. The highest BCUT2D eigenvalue weighted by molar-refractivity contribution is 8.03. The molecule has 0 saturated carbocycles. The molecule has 3 rings (SSSR count). The standard InChI is InChI=1S/C25H21ClN2O2S2/c1-17-3-11-22(12-4-17)31(29)25(32(30)23-13-5-18(2)6-14-23)24(20(15-27)16-28)19-7-9-21(26)10-8-19/h3-14,20,24-25H,1-2H3/t24-,25?,31?,32?/m1/s1. The van der Waals surface area contributed by atoms with Gasteiger partial charge in [0.2, 0.25) is 0 Å². The maximum Gasteiger partial charge on any atom is 0.142 e. The lowest BCUT2D eigenvalue weighted by atomic mass is 9.89. The van der Waals surface area contributed by atoms with Gasteiger partial charge in [-0.1, -0.05) is 59.1 Å². The van der Waals surface area contributed by atoms with Crippen molar-refractivity contribution in [1.82, 2.24) is 0 Å². The van der Waals surface area contributed by atoms with Crippen molar-refractivity contribution in [3.63, 3.8) is 0 Å². The van der Waals surface area contributed by atoms with E-state index in [2.05, 4.69) is 0 Å². The van der Waals surface area contributed by atoms with Crippen LogP contribution in [0.25, 0.3) is 0 Å². The zero-order valence-electron chi connectivity index (χ0n) is 17.6. The van der Waals surface area contributed by atoms with Crippen molar-refractivity contribution in [1.29, 1.82) is 10.5 Å². The number of rotatable bonds is 7. The fourth-order valence-corrected chi connectivity index (χ4v) is 7.27. The number of nitrogens with zero attached hydrogens (tertiary/aromatic N) is 2. The Balaban J connectivity index is 2.20. The van der Waals surface area contributed by atoms with E-state index in [-0.39, 0.29) is 0 Å². The van der Waals surface area contributed by atoms with E-state index in [1.54, 1.807) is 48.5 Å². The Labute approximate surface area is 198 Å². The van der Waals surface area contributed by atoms with E-state index in [1.165, 1.54) is 0 Å². The Kier molecular flexibility index (Phi) is 7.99. The molecule has 0 aliphatic heterocycles. The molecule has 3 aromatic rings. The van der Waals surface area contributed by atoms with Crippen LogP contribution in [0.1, 0.15) is 22.6 Å². The molecule has 7 heteroatoms. The van der Waals surface area contributed by atoms with Gasteiger partial charge in [-0.15, -0.1) is 0 Å². The number of halogens is 1. The molecule has 162 valence electrons. The predicted octanol–water partition coefficient (Wildman–Crippen LogP) is 5.65. The maximum absolute atomic E-state index is 13.8. The summed E-state index contributed by atoms with van der Waals surface area (Å²) in [6, 6.07) is 25.0. The molecule has 0 heterocycles. The normalized spacial score (nSPS) is 14.7. The Hall–Kier alpha value is -2.77. The molecule has 0 spiro atoms. The summed E-state index contributed by atoms with van der Waals surface area (Å²) in [5, 5.41) is 20.0. The Morgan fingerprint density at radius 2 is 1.12 bits per heavy atom. The molecular formula is C25H21ClN2O2S2. The molecule has 0 N–H and O–H groups in total. The van der Waals surface area contributed by atoms with Crippen molar-refractivity contribution < 1.29 is 8.42 Å². The quantitative estimate of drug-likeness (QED) is 0.437. The summed E-state index contributed by atoms with van der Waals surface area (Å²) < 4.78 is 26.6. The fourth-order valence-electron chi connectivity index (χ4n) is 3.34. The lowest BCUT2D eigenvalue weighted by Gasteiger charge is -2.27. The summed E-state index contributed by atoms with van der Waals surface area (Å²) in [7, 11) is -3.52. The van der Waals surface area contributed by atoms with Crippen LogP contribution in [-0.2, 0) is 21.6 Å². The summed E-state index contributed by atoms with van der Waals surface area (Å²) >= 11 is 6.04. The summed E-state index contributed by atoms with van der Waals surface area (Å²) in [4.78, 5) is 0.990. The molecule has 3 atom stereocenters. The van der Waals surface area contributed by atoms with Gasteiger partial charge < -0.3 is 0 Å². The minimum absolute atomic E-state index is 0.494. The van der Waals surface area contributed by atoms with Gasteiger partial charge in [0.15, 0.2) is 0 Å². The van der Waals surface area contributed by atoms with Crippen molar-refractivity contribution >= 4 is 33.2 Å². The van der Waals surface area contributed by atoms with E-state index in [1.807, 2.05) is 50.3 Å². The molecule has 0 fully saturated rings. The van der Waals surface area contributed by atoms with E-state index in [4.69, 9.17) is 11.6 Å². The molecule has 4 nitrogen and oxygen atoms in total. The van der Waals surface area contributed by atoms with Crippen LogP contribution < -0.4 is 0 Å². The third kappa shape index (κ3) is 5.34. The van der Waals surface area contributed by atoms with Crippen LogP contribution in [0.2, 0.25) is 5.02 Å². The highest BCUT2D eigenvalue weighted by atomic mass is 35.5. The van der Waals surface area contributed by atoms with Crippen LogP contribution in [0, 0.1) is 42.4 Å². The minimum atomic E-state index is -1.76. The predicted molar refractivity (Wildman–Crippen MR) is 128 cm³/mol. The molecule has 0 saturated heterocycles. The molecule has 0 radical (unpaired) electrons. The number of benzene rings is 3. The summed E-state index contributed by atoms with van der Waals surface area (Å²) in [5.74, 6) is -2.00. The molecule has 0 aliphatic carbocycles. The second-order valence-corrected chi connectivity index (χ2v) is 11.3. The molecule has 3 aromatic carbocycles. The number of hydrogen-bond donors (Lipinski definition) is 0. The number of nitriles is 2. The first kappa shape index (κ1) is 23.9. The van der Waals surface area contributed by atoms with E-state index < -0.39 is 38.0 Å². The molecule has 2 unspecified atom stereocenters. The van der Waals surface area contributed by atoms with Crippen molar-refractivity contribution in [3.05, 3.63) is 94.5 Å². The Bertz CT molecular complexity index is 1140. The monoisotopic (exact) mass is 480 g/mol. The zero-order chi connectivity index (χ0) is 23.3. The van der Waals surface area contributed by atoms with Gasteiger partial charge in [0.1, 0.15) is 10.5 Å². The van der Waals surface area contributed by atoms with Crippen LogP contribution in [-0.4, -0.2) is 13.0 Å². The third-order valence-corrected chi connectivity index (χ3v) is 9.32. The van der Waals surface area contributed by atoms with Crippen molar-refractivity contribution in [2.45, 2.75) is 34.1 Å². The average molecular weight is 481 g/mol. The summed E-state index contributed by atoms with van der Waals surface area (Å²) in [6.45, 7) is 3.85. The molecule has 32 heavy (non-hydrogen) atoms. The first-order valence-electron chi connectivity index (χ1n) is 9.85. The molecular weight excluding hydrogens is 460 g/mol. The lowest BCUT2D eigenvalue weighted by Crippen LogP contribution is -2.33. The van der Waals surface area contributed by atoms with Crippen molar-refractivity contribution in [3.8, 4) is 12.1 Å². The van der Waals surface area contributed by atoms with Crippen LogP contribution in [0.5, 0.6) is 0 Å². The second-order valence-electron chi connectivity index (χ2n) is 7.40. The van der Waals surface area contributed by atoms with Gasteiger partial charge in [-0.25, -0.2) is 0 Å². The number of aryl methyl sites for hydroxylation is 2. The smallest absolute Gasteiger partial charge is 0.142 e. The van der Waals surface area contributed by atoms with Gasteiger partial charge >= 0.3 is 0 Å². The molecule has 0 aliphatic rings. The SMILES string of the molecule is Cc1ccc(S(=O)C([C@H](c2ccc(Cl)cc2)C(C#N)C#N)S(=O)c2ccc(C)cc2)cc1. The Morgan fingerprint density at radius 1 is 0.719 bits per heavy atom. The van der Waals surface area contributed by atoms with Crippen LogP contribution in [0.4, 0.5) is 0 Å². The zero-order valence-corrected chi connectivity index (χ0v) is 20.0. The third-order valence-electron chi connectivity index (χ3n) is 5.11. The second kappa shape index (κ2) is 10.7. The van der Waals surface area contributed by atoms with Crippen molar-refractivity contribution in [2.75, 3.05) is 0 Å². The molecule has 0 aromatic heterocycles. The topological polar surface area (TPSA) is 81.7 Å². The largest absolute Gasteiger partial charge is 0.253 e. The van der Waals surface area contributed by atoms with Crippen LogP contribution >= 0.6 is 11.6 Å². The molecule has 0 bridgehead atoms. The minimum Gasteiger partial charge on any atom is -0.253 e. The van der Waals surface area contributed by atoms with E-state index in [0.717, 1.165) is 11.1 Å². The lowest BCUT2D eigenvalue weighted by molar-refractivity contribution is 0.612. The van der Waals surface area contributed by atoms with E-state index in [0.29, 0.717) is 20.4 Å². The average Bonchev–Trinajstić information content (AvgIpc) is 2.80. The van der Waals surface area contributed by atoms with Crippen molar-refractivity contribution in [2.24, 2.45) is 5.92 Å². The molecule has 0 amide bonds. The first-order valence-corrected chi connectivity index (χ1v) is 12.6. The van der Waals surface area contributed by atoms with Crippen LogP contribution in [0.15, 0.2) is 82.6 Å². The van der Waals surface area contributed by atoms with Gasteiger partial charge in [-0.05, 0) is 55.8 Å². The highest BCUT2D eigenvalue weighted by Crippen LogP contribution is 2.37. The van der Waals surface area contributed by atoms with E-state index >= 15 is 0 Å². The van der Waals surface area contributed by atoms with Gasteiger partial charge in [-0.3, -0.25) is 8.42 Å². The van der Waals surface area contributed by atoms with Gasteiger partial charge in [0, 0.05) is 20.7 Å². The van der Waals surface area contributed by atoms with Gasteiger partial charge in [0.25, 0.3) is 0 Å².